The van der Waals surface area contributed by atoms with Crippen LogP contribution in [-0.2, 0) is 0 Å². The fourth-order valence-electron chi connectivity index (χ4n) is 1.60. The second-order valence-electron chi connectivity index (χ2n) is 4.58. The third-order valence-corrected chi connectivity index (χ3v) is 2.88. The van der Waals surface area contributed by atoms with Crippen molar-refractivity contribution in [3.8, 4) is 0 Å². The summed E-state index contributed by atoms with van der Waals surface area (Å²) in [5.74, 6) is -0.995. The van der Waals surface area contributed by atoms with Crippen molar-refractivity contribution in [3.05, 3.63) is 35.1 Å². The molecule has 3 N–H and O–H groups in total. The molecule has 3 nitrogen and oxygen atoms in total. The Bertz CT molecular complexity index is 474. The number of thiocarbonyl (C=S) groups is 1. The maximum atomic E-state index is 13.5. The van der Waals surface area contributed by atoms with Crippen molar-refractivity contribution in [2.45, 2.75) is 26.8 Å². The van der Waals surface area contributed by atoms with Crippen molar-refractivity contribution in [1.82, 2.24) is 5.32 Å². The maximum absolute atomic E-state index is 13.5. The highest BCUT2D eigenvalue weighted by Gasteiger charge is 2.21. The second kappa shape index (κ2) is 5.91. The van der Waals surface area contributed by atoms with Crippen molar-refractivity contribution >= 4 is 23.1 Å². The van der Waals surface area contributed by atoms with Gasteiger partial charge in [-0.25, -0.2) is 4.39 Å². The minimum atomic E-state index is -0.552. The standard InChI is InChI=1S/C13H17FN2OS/c1-7(2)11(12(15)18)16-13(17)9-6-8(3)4-5-10(9)14/h4-7,11H,1-3H3,(H2,15,18)(H,16,17). The monoisotopic (exact) mass is 268 g/mol. The summed E-state index contributed by atoms with van der Waals surface area (Å²) in [6.07, 6.45) is 0. The largest absolute Gasteiger partial charge is 0.392 e. The average Bonchev–Trinajstić information content (AvgIpc) is 2.28. The summed E-state index contributed by atoms with van der Waals surface area (Å²) in [6.45, 7) is 5.57. The molecule has 0 aromatic heterocycles. The number of rotatable bonds is 4. The van der Waals surface area contributed by atoms with E-state index in [4.69, 9.17) is 18.0 Å². The molecule has 1 rings (SSSR count). The van der Waals surface area contributed by atoms with E-state index in [1.165, 1.54) is 12.1 Å². The quantitative estimate of drug-likeness (QED) is 0.823. The Kier molecular flexibility index (Phi) is 4.78. The zero-order valence-corrected chi connectivity index (χ0v) is 11.5. The van der Waals surface area contributed by atoms with E-state index in [1.54, 1.807) is 13.0 Å². The Morgan fingerprint density at radius 3 is 2.56 bits per heavy atom. The number of carbonyl (C=O) groups excluding carboxylic acids is 1. The van der Waals surface area contributed by atoms with E-state index in [0.717, 1.165) is 5.56 Å². The highest BCUT2D eigenvalue weighted by Crippen LogP contribution is 2.11. The van der Waals surface area contributed by atoms with Crippen molar-refractivity contribution in [3.63, 3.8) is 0 Å². The third kappa shape index (κ3) is 3.50. The minimum absolute atomic E-state index is 0.0110. The molecule has 98 valence electrons. The Morgan fingerprint density at radius 1 is 1.44 bits per heavy atom. The first-order valence-corrected chi connectivity index (χ1v) is 6.10. The molecule has 1 amide bonds. The first-order chi connectivity index (χ1) is 8.32. The lowest BCUT2D eigenvalue weighted by molar-refractivity contribution is 0.0935. The molecule has 0 aliphatic carbocycles. The van der Waals surface area contributed by atoms with Crippen LogP contribution in [0.4, 0.5) is 4.39 Å². The average molecular weight is 268 g/mol. The summed E-state index contributed by atoms with van der Waals surface area (Å²) in [6, 6.07) is 3.95. The van der Waals surface area contributed by atoms with E-state index in [2.05, 4.69) is 5.32 Å². The molecule has 0 saturated carbocycles. The predicted molar refractivity (Wildman–Crippen MR) is 74.0 cm³/mol. The van der Waals surface area contributed by atoms with Crippen LogP contribution in [0, 0.1) is 18.7 Å². The molecule has 1 aromatic carbocycles. The SMILES string of the molecule is Cc1ccc(F)c(C(=O)NC(C(N)=S)C(C)C)c1. The first-order valence-electron chi connectivity index (χ1n) is 5.69. The van der Waals surface area contributed by atoms with Gasteiger partial charge in [0.1, 0.15) is 5.82 Å². The fraction of sp³-hybridized carbons (Fsp3) is 0.385. The van der Waals surface area contributed by atoms with Crippen LogP contribution in [0.3, 0.4) is 0 Å². The van der Waals surface area contributed by atoms with Gasteiger partial charge in [0.25, 0.3) is 5.91 Å². The van der Waals surface area contributed by atoms with E-state index < -0.39 is 17.8 Å². The van der Waals surface area contributed by atoms with Crippen molar-refractivity contribution < 1.29 is 9.18 Å². The summed E-state index contributed by atoms with van der Waals surface area (Å²) in [4.78, 5) is 12.2. The summed E-state index contributed by atoms with van der Waals surface area (Å²) < 4.78 is 13.5. The zero-order valence-electron chi connectivity index (χ0n) is 10.7. The molecule has 0 aliphatic rings. The molecular formula is C13H17FN2OS. The summed E-state index contributed by atoms with van der Waals surface area (Å²) in [5, 5.41) is 2.66. The molecule has 1 atom stereocenters. The second-order valence-corrected chi connectivity index (χ2v) is 5.05. The Hall–Kier alpha value is -1.49. The molecule has 0 heterocycles. The van der Waals surface area contributed by atoms with Gasteiger partial charge in [0.05, 0.1) is 16.6 Å². The van der Waals surface area contributed by atoms with Crippen molar-refractivity contribution in [2.24, 2.45) is 11.7 Å². The van der Waals surface area contributed by atoms with Crippen LogP contribution in [0.25, 0.3) is 0 Å². The molecular weight excluding hydrogens is 251 g/mol. The first kappa shape index (κ1) is 14.6. The highest BCUT2D eigenvalue weighted by atomic mass is 32.1. The van der Waals surface area contributed by atoms with E-state index in [0.29, 0.717) is 0 Å². The van der Waals surface area contributed by atoms with Gasteiger partial charge in [-0.3, -0.25) is 4.79 Å². The number of halogens is 1. The van der Waals surface area contributed by atoms with Crippen LogP contribution in [0.5, 0.6) is 0 Å². The highest BCUT2D eigenvalue weighted by molar-refractivity contribution is 7.80. The van der Waals surface area contributed by atoms with Gasteiger partial charge in [-0.05, 0) is 25.0 Å². The molecule has 5 heteroatoms. The Labute approximate surface area is 112 Å². The number of nitrogens with one attached hydrogen (secondary N) is 1. The number of benzene rings is 1. The molecule has 0 fully saturated rings. The molecule has 0 saturated heterocycles. The lowest BCUT2D eigenvalue weighted by atomic mass is 10.0. The van der Waals surface area contributed by atoms with Gasteiger partial charge in [-0.2, -0.15) is 0 Å². The van der Waals surface area contributed by atoms with E-state index in [9.17, 15) is 9.18 Å². The number of amides is 1. The number of hydrogen-bond donors (Lipinski definition) is 2. The van der Waals surface area contributed by atoms with Crippen LogP contribution in [0.15, 0.2) is 18.2 Å². The summed E-state index contributed by atoms with van der Waals surface area (Å²) in [5.41, 5.74) is 6.38. The van der Waals surface area contributed by atoms with Gasteiger partial charge >= 0.3 is 0 Å². The Balaban J connectivity index is 2.94. The van der Waals surface area contributed by atoms with Crippen molar-refractivity contribution in [2.75, 3.05) is 0 Å². The molecule has 1 aromatic rings. The van der Waals surface area contributed by atoms with Crippen LogP contribution < -0.4 is 11.1 Å². The lowest BCUT2D eigenvalue weighted by Crippen LogP contribution is -2.47. The van der Waals surface area contributed by atoms with Crippen LogP contribution in [-0.4, -0.2) is 16.9 Å². The molecule has 1 unspecified atom stereocenters. The summed E-state index contributed by atoms with van der Waals surface area (Å²) >= 11 is 4.89. The van der Waals surface area contributed by atoms with Crippen LogP contribution in [0.2, 0.25) is 0 Å². The van der Waals surface area contributed by atoms with Crippen molar-refractivity contribution in [1.29, 1.82) is 0 Å². The van der Waals surface area contributed by atoms with E-state index in [-0.39, 0.29) is 16.5 Å². The number of aryl methyl sites for hydroxylation is 1. The van der Waals surface area contributed by atoms with Crippen LogP contribution in [0.1, 0.15) is 29.8 Å². The van der Waals surface area contributed by atoms with Gasteiger partial charge < -0.3 is 11.1 Å². The van der Waals surface area contributed by atoms with E-state index in [1.807, 2.05) is 13.8 Å². The predicted octanol–water partition coefficient (Wildman–Crippen LogP) is 2.17. The van der Waals surface area contributed by atoms with Gasteiger partial charge in [0, 0.05) is 0 Å². The third-order valence-electron chi connectivity index (χ3n) is 2.63. The van der Waals surface area contributed by atoms with Gasteiger partial charge in [0.2, 0.25) is 0 Å². The minimum Gasteiger partial charge on any atom is -0.392 e. The smallest absolute Gasteiger partial charge is 0.254 e. The van der Waals surface area contributed by atoms with Gasteiger partial charge in [-0.1, -0.05) is 37.7 Å². The topological polar surface area (TPSA) is 55.1 Å². The van der Waals surface area contributed by atoms with Crippen LogP contribution >= 0.6 is 12.2 Å². The number of carbonyl (C=O) groups is 1. The van der Waals surface area contributed by atoms with Gasteiger partial charge in [0.15, 0.2) is 0 Å². The number of hydrogen-bond acceptors (Lipinski definition) is 2. The maximum Gasteiger partial charge on any atom is 0.254 e. The molecule has 0 aliphatic heterocycles. The molecule has 18 heavy (non-hydrogen) atoms. The number of nitrogens with two attached hydrogens (primary N) is 1. The zero-order chi connectivity index (χ0) is 13.9. The fourth-order valence-corrected chi connectivity index (χ4v) is 1.93. The lowest BCUT2D eigenvalue weighted by Gasteiger charge is -2.21. The van der Waals surface area contributed by atoms with Gasteiger partial charge in [-0.15, -0.1) is 0 Å². The van der Waals surface area contributed by atoms with E-state index >= 15 is 0 Å². The molecule has 0 radical (unpaired) electrons. The Morgan fingerprint density at radius 2 is 2.06 bits per heavy atom. The normalized spacial score (nSPS) is 12.3. The summed E-state index contributed by atoms with van der Waals surface area (Å²) in [7, 11) is 0. The molecule has 0 spiro atoms. The molecule has 0 bridgehead atoms.